The molecule has 0 fully saturated rings. The van der Waals surface area contributed by atoms with Crippen LogP contribution in [0.2, 0.25) is 0 Å². The lowest BCUT2D eigenvalue weighted by Gasteiger charge is -2.26. The van der Waals surface area contributed by atoms with Crippen LogP contribution < -0.4 is 4.74 Å². The quantitative estimate of drug-likeness (QED) is 0.246. The van der Waals surface area contributed by atoms with Crippen LogP contribution in [-0.4, -0.2) is 18.9 Å². The van der Waals surface area contributed by atoms with Crippen molar-refractivity contribution < 1.29 is 7.59 Å². The second-order valence-electron chi connectivity index (χ2n) is 9.57. The fraction of sp³-hybridized carbons (Fsp3) is 0.188. The third-order valence-corrected chi connectivity index (χ3v) is 9.09. The second-order valence-corrected chi connectivity index (χ2v) is 12.3. The van der Waals surface area contributed by atoms with Gasteiger partial charge < -0.3 is 4.74 Å². The van der Waals surface area contributed by atoms with Gasteiger partial charge in [-0.25, -0.2) is 0 Å². The Balaban J connectivity index is 0.00000228. The van der Waals surface area contributed by atoms with Gasteiger partial charge in [-0.15, -0.1) is 0 Å². The number of rotatable bonds is 7. The summed E-state index contributed by atoms with van der Waals surface area (Å²) in [5, 5.41) is 0. The molecule has 0 spiro atoms. The van der Waals surface area contributed by atoms with Crippen LogP contribution in [0.3, 0.4) is 0 Å². The summed E-state index contributed by atoms with van der Waals surface area (Å²) in [5.74, 6) is 9.86. The lowest BCUT2D eigenvalue weighted by atomic mass is 9.78. The van der Waals surface area contributed by atoms with Gasteiger partial charge in [0.05, 0.1) is 7.11 Å². The number of benzene rings is 4. The van der Waals surface area contributed by atoms with Gasteiger partial charge in [-0.3, -0.25) is 0 Å². The molecule has 0 amide bonds. The summed E-state index contributed by atoms with van der Waals surface area (Å²) in [6.45, 7) is 6.64. The van der Waals surface area contributed by atoms with Gasteiger partial charge in [0.25, 0.3) is 0 Å². The Labute approximate surface area is 208 Å². The van der Waals surface area contributed by atoms with Gasteiger partial charge >= 0.3 is 0 Å². The van der Waals surface area contributed by atoms with Crippen LogP contribution in [0.5, 0.6) is 5.75 Å². The Bertz CT molecular complexity index is 1350. The van der Waals surface area contributed by atoms with Crippen LogP contribution in [0.25, 0.3) is 0 Å². The van der Waals surface area contributed by atoms with Crippen molar-refractivity contribution in [2.75, 3.05) is 7.11 Å². The number of aryl methyl sites for hydroxylation is 1. The van der Waals surface area contributed by atoms with Crippen molar-refractivity contribution in [2.45, 2.75) is 42.4 Å². The van der Waals surface area contributed by atoms with Crippen LogP contribution in [0.1, 0.15) is 44.5 Å². The minimum atomic E-state index is -1.51. The molecule has 0 aliphatic carbocycles. The van der Waals surface area contributed by atoms with Crippen molar-refractivity contribution in [1.82, 2.24) is 0 Å². The molecule has 0 unspecified atom stereocenters. The fourth-order valence-electron chi connectivity index (χ4n) is 4.25. The number of hydrogen-bond donors (Lipinski definition) is 0. The monoisotopic (exact) mass is 470 g/mol. The summed E-state index contributed by atoms with van der Waals surface area (Å²) in [4.78, 5) is 2.41. The van der Waals surface area contributed by atoms with Crippen molar-refractivity contribution in [3.8, 4) is 5.75 Å². The van der Waals surface area contributed by atoms with E-state index in [1.807, 2.05) is 12.1 Å². The van der Waals surface area contributed by atoms with E-state index in [1.54, 1.807) is 7.11 Å². The minimum Gasteiger partial charge on any atom is -0.497 e. The molecule has 0 radical (unpaired) electrons. The zero-order chi connectivity index (χ0) is 24.3. The van der Waals surface area contributed by atoms with E-state index in [2.05, 4.69) is 117 Å². The van der Waals surface area contributed by atoms with Crippen LogP contribution in [0, 0.1) is 6.92 Å². The van der Waals surface area contributed by atoms with Crippen LogP contribution in [0.15, 0.2) is 107 Å². The molecule has 4 aromatic rings. The Kier molecular flexibility index (Phi) is 6.72. The first kappa shape index (κ1) is 23.9. The molecule has 178 valence electrons. The van der Waals surface area contributed by atoms with E-state index >= 15 is 0 Å². The molecule has 0 aromatic heterocycles. The van der Waals surface area contributed by atoms with E-state index in [4.69, 9.17) is 4.74 Å². The number of ether oxygens (including phenoxy) is 1. The summed E-state index contributed by atoms with van der Waals surface area (Å²) in [7, 11) is 0.195. The van der Waals surface area contributed by atoms with Gasteiger partial charge in [-0.1, -0.05) is 91.8 Å². The van der Waals surface area contributed by atoms with Gasteiger partial charge in [0.1, 0.15) is 5.75 Å². The molecule has 2 heteroatoms. The molecular formula is C32H38OS. The van der Waals surface area contributed by atoms with Gasteiger partial charge in [0.2, 0.25) is 0 Å². The average molecular weight is 471 g/mol. The van der Waals surface area contributed by atoms with Crippen molar-refractivity contribution >= 4 is 20.9 Å². The van der Waals surface area contributed by atoms with E-state index in [9.17, 15) is 0 Å². The third-order valence-electron chi connectivity index (χ3n) is 6.74. The zero-order valence-corrected chi connectivity index (χ0v) is 21.5. The highest BCUT2D eigenvalue weighted by Gasteiger charge is 2.23. The largest absolute Gasteiger partial charge is 0.497 e. The molecule has 0 saturated heterocycles. The highest BCUT2D eigenvalue weighted by Crippen LogP contribution is 2.41. The predicted molar refractivity (Wildman–Crippen MR) is 155 cm³/mol. The van der Waals surface area contributed by atoms with Gasteiger partial charge in [0, 0.05) is 18.1 Å². The lowest BCUT2D eigenvalue weighted by Crippen LogP contribution is -2.18. The van der Waals surface area contributed by atoms with Gasteiger partial charge in [0.15, 0.2) is 0 Å². The van der Waals surface area contributed by atoms with Crippen LogP contribution in [0.4, 0.5) is 0 Å². The third kappa shape index (κ3) is 4.98. The highest BCUT2D eigenvalue weighted by atomic mass is 32.2. The number of hydrogen-bond acceptors (Lipinski definition) is 1. The second kappa shape index (κ2) is 9.56. The molecule has 34 heavy (non-hydrogen) atoms. The topological polar surface area (TPSA) is 9.23 Å². The first-order valence-electron chi connectivity index (χ1n) is 11.6. The number of methoxy groups -OCH3 is 1. The summed E-state index contributed by atoms with van der Waals surface area (Å²) >= 11 is 0. The first-order valence-corrected chi connectivity index (χ1v) is 13.6. The Hall–Kier alpha value is -3.23. The van der Waals surface area contributed by atoms with E-state index in [-0.39, 0.29) is 8.27 Å². The molecule has 0 bridgehead atoms. The molecule has 1 nitrogen and oxygen atoms in total. The summed E-state index contributed by atoms with van der Waals surface area (Å²) < 4.78 is 5.31. The SMILES string of the molecule is C=S(=C)(c1ccc(C)cc1)c1ccc(Cc2ccc(C(C)(C)c3ccc(OC)cc3)cc2)cc1.[HH].[HH]. The molecule has 0 N–H and O–H groups in total. The summed E-state index contributed by atoms with van der Waals surface area (Å²) in [6.07, 6.45) is 0.907. The Morgan fingerprint density at radius 1 is 0.676 bits per heavy atom. The van der Waals surface area contributed by atoms with Crippen molar-refractivity contribution in [3.05, 3.63) is 125 Å². The summed E-state index contributed by atoms with van der Waals surface area (Å²) in [5.41, 5.74) is 6.37. The van der Waals surface area contributed by atoms with E-state index in [0.29, 0.717) is 0 Å². The maximum atomic E-state index is 5.31. The normalized spacial score (nSPS) is 11.9. The molecule has 0 saturated carbocycles. The molecule has 0 aliphatic rings. The van der Waals surface area contributed by atoms with Crippen molar-refractivity contribution in [1.29, 1.82) is 0 Å². The standard InChI is InChI=1S/C32H34OS.2H2/c1-24-7-19-30(20-8-24)34(5,6)31-21-11-26(12-22-31)23-25-9-13-27(14-10-25)32(2,3)28-15-17-29(33-4)18-16-28;;/h7-22H,5-6,23H2,1-4H3;2*1H. The molecule has 4 rings (SSSR count). The maximum Gasteiger partial charge on any atom is 0.118 e. The van der Waals surface area contributed by atoms with Crippen molar-refractivity contribution in [2.24, 2.45) is 0 Å². The minimum absolute atomic E-state index is 0. The van der Waals surface area contributed by atoms with Crippen LogP contribution >= 0.6 is 9.21 Å². The Morgan fingerprint density at radius 3 is 1.56 bits per heavy atom. The summed E-state index contributed by atoms with van der Waals surface area (Å²) in [6, 6.07) is 34.8. The molecule has 0 aliphatic heterocycles. The Morgan fingerprint density at radius 2 is 1.09 bits per heavy atom. The zero-order valence-electron chi connectivity index (χ0n) is 20.7. The van der Waals surface area contributed by atoms with Crippen LogP contribution in [-0.2, 0) is 11.8 Å². The molecule has 0 heterocycles. The molecule has 0 atom stereocenters. The molecule has 4 aromatic carbocycles. The van der Waals surface area contributed by atoms with E-state index in [1.165, 1.54) is 37.6 Å². The highest BCUT2D eigenvalue weighted by molar-refractivity contribution is 8.27. The predicted octanol–water partition coefficient (Wildman–Crippen LogP) is 8.50. The smallest absolute Gasteiger partial charge is 0.118 e. The first-order chi connectivity index (χ1) is 16.2. The average Bonchev–Trinajstić information content (AvgIpc) is 2.85. The van der Waals surface area contributed by atoms with E-state index in [0.717, 1.165) is 12.2 Å². The van der Waals surface area contributed by atoms with E-state index < -0.39 is 9.21 Å². The van der Waals surface area contributed by atoms with Crippen molar-refractivity contribution in [3.63, 3.8) is 0 Å². The fourth-order valence-corrected chi connectivity index (χ4v) is 5.84. The van der Waals surface area contributed by atoms with Gasteiger partial charge in [-0.05, 0) is 72.0 Å². The maximum absolute atomic E-state index is 5.31. The molecular weight excluding hydrogens is 432 g/mol. The lowest BCUT2D eigenvalue weighted by molar-refractivity contribution is 0.414. The van der Waals surface area contributed by atoms with Gasteiger partial charge in [-0.2, -0.15) is 9.21 Å².